The zero-order chi connectivity index (χ0) is 30.6. The molecule has 2 aliphatic heterocycles. The molecule has 4 rings (SSSR count). The summed E-state index contributed by atoms with van der Waals surface area (Å²) in [6, 6.07) is -1.07. The summed E-state index contributed by atoms with van der Waals surface area (Å²) in [6.45, 7) is 4.42. The molecule has 0 radical (unpaired) electrons. The van der Waals surface area contributed by atoms with Crippen LogP contribution in [0.5, 0.6) is 0 Å². The minimum absolute atomic E-state index is 0.00895. The predicted molar refractivity (Wildman–Crippen MR) is 149 cm³/mol. The normalized spacial score (nSPS) is 18.6. The zero-order valence-electron chi connectivity index (χ0n) is 22.6. The van der Waals surface area contributed by atoms with Crippen molar-refractivity contribution in [2.45, 2.75) is 42.9 Å². The fourth-order valence-corrected chi connectivity index (χ4v) is 6.71. The number of ether oxygens (including phenoxy) is 1. The Morgan fingerprint density at radius 3 is 2.74 bits per heavy atom. The van der Waals surface area contributed by atoms with Gasteiger partial charge >= 0.3 is 11.9 Å². The number of aliphatic carboxylic acids is 1. The first kappa shape index (κ1) is 30.9. The molecule has 0 spiro atoms. The first-order chi connectivity index (χ1) is 19.9. The number of aryl methyl sites for hydroxylation is 1. The van der Waals surface area contributed by atoms with Gasteiger partial charge in [-0.25, -0.2) is 19.3 Å². The van der Waals surface area contributed by atoms with Gasteiger partial charge in [-0.3, -0.25) is 19.3 Å². The summed E-state index contributed by atoms with van der Waals surface area (Å²) in [7, 11) is 1.65. The first-order valence-electron chi connectivity index (χ1n) is 12.0. The lowest BCUT2D eigenvalue weighted by Crippen LogP contribution is -2.71. The van der Waals surface area contributed by atoms with Crippen molar-refractivity contribution in [1.82, 2.24) is 35.4 Å². The third-order valence-corrected chi connectivity index (χ3v) is 8.61. The van der Waals surface area contributed by atoms with Crippen molar-refractivity contribution >= 4 is 75.9 Å². The number of fused-ring (bicyclic) bond motifs is 1. The number of hydrogen-bond acceptors (Lipinski definition) is 15. The smallest absolute Gasteiger partial charge is 0.352 e. The van der Waals surface area contributed by atoms with Gasteiger partial charge in [-0.1, -0.05) is 16.9 Å². The third-order valence-electron chi connectivity index (χ3n) is 5.40. The molecule has 4 heterocycles. The molecule has 3 N–H and O–H groups in total. The topological polar surface area (TPSA) is 220 Å². The number of nitrogens with zero attached hydrogens (tertiary/aromatic N) is 7. The van der Waals surface area contributed by atoms with E-state index in [-0.39, 0.29) is 33.7 Å². The van der Waals surface area contributed by atoms with Crippen LogP contribution >= 0.6 is 34.9 Å². The molecule has 3 amide bonds. The summed E-state index contributed by atoms with van der Waals surface area (Å²) >= 11 is 3.52. The van der Waals surface area contributed by atoms with E-state index in [1.54, 1.807) is 27.8 Å². The fourth-order valence-electron chi connectivity index (χ4n) is 3.72. The molecule has 0 aromatic carbocycles. The molecule has 2 atom stereocenters. The van der Waals surface area contributed by atoms with Gasteiger partial charge in [-0.2, -0.15) is 0 Å². The van der Waals surface area contributed by atoms with Gasteiger partial charge in [0.1, 0.15) is 28.4 Å². The average Bonchev–Trinajstić information content (AvgIpc) is 3.55. The molecule has 1 unspecified atom stereocenters. The highest BCUT2D eigenvalue weighted by Crippen LogP contribution is 2.41. The maximum absolute atomic E-state index is 13.3. The van der Waals surface area contributed by atoms with E-state index >= 15 is 0 Å². The molecule has 2 aromatic rings. The van der Waals surface area contributed by atoms with E-state index in [0.29, 0.717) is 17.1 Å². The van der Waals surface area contributed by atoms with Crippen molar-refractivity contribution in [1.29, 1.82) is 0 Å². The van der Waals surface area contributed by atoms with Crippen molar-refractivity contribution in [3.8, 4) is 0 Å². The van der Waals surface area contributed by atoms with Crippen LogP contribution in [-0.2, 0) is 40.6 Å². The minimum atomic E-state index is -1.28. The number of anilines is 1. The standard InChI is InChI=1S/C22H25N9O8S3/c1-22(2,3)39-12(33)5-38-27-13(11-8-41-20(24-11)23-9-32)16(34)25-14-17(35)31-15(19(36)37)10(6-40-18(14)31)7-42-21-26-28-29-30(21)4/h8-9,14,18H,5-7H2,1-4H3,(H,25,34)(H,36,37)(H,23,24,32)/t14?,18-/m1/s1. The van der Waals surface area contributed by atoms with Crippen LogP contribution in [0.3, 0.4) is 0 Å². The van der Waals surface area contributed by atoms with Crippen LogP contribution in [0.4, 0.5) is 5.13 Å². The molecule has 42 heavy (non-hydrogen) atoms. The van der Waals surface area contributed by atoms with Gasteiger partial charge in [-0.05, 0) is 36.8 Å². The molecule has 0 aliphatic carbocycles. The Balaban J connectivity index is 1.49. The SMILES string of the molecule is Cn1nnnc1SCC1=C(C(=O)O)N2C(=O)C(NC(=O)C(=NOCC(=O)OC(C)(C)C)c3csc(NC=O)n3)[C@H]2SC1. The molecule has 20 heteroatoms. The number of rotatable bonds is 12. The van der Waals surface area contributed by atoms with E-state index in [0.717, 1.165) is 16.2 Å². The number of thiazole rings is 1. The van der Waals surface area contributed by atoms with Gasteiger partial charge in [0.25, 0.3) is 11.8 Å². The number of amides is 3. The van der Waals surface area contributed by atoms with E-state index in [4.69, 9.17) is 9.57 Å². The number of thioether (sulfide) groups is 2. The molecular formula is C22H25N9O8S3. The number of β-lactam (4-membered cyclic amide) rings is 1. The van der Waals surface area contributed by atoms with Crippen molar-refractivity contribution < 1.29 is 38.7 Å². The lowest BCUT2D eigenvalue weighted by atomic mass is 10.0. The highest BCUT2D eigenvalue weighted by molar-refractivity contribution is 8.01. The van der Waals surface area contributed by atoms with Gasteiger partial charge in [0.05, 0.1) is 0 Å². The number of carbonyl (C=O) groups is 5. The van der Waals surface area contributed by atoms with Gasteiger partial charge in [-0.15, -0.1) is 28.2 Å². The van der Waals surface area contributed by atoms with Gasteiger partial charge < -0.3 is 25.3 Å². The summed E-state index contributed by atoms with van der Waals surface area (Å²) < 4.78 is 6.60. The third kappa shape index (κ3) is 7.05. The van der Waals surface area contributed by atoms with Crippen LogP contribution in [0, 0.1) is 0 Å². The second kappa shape index (κ2) is 12.9. The highest BCUT2D eigenvalue weighted by atomic mass is 32.2. The fraction of sp³-hybridized carbons (Fsp3) is 0.455. The van der Waals surface area contributed by atoms with E-state index in [9.17, 15) is 29.1 Å². The highest BCUT2D eigenvalue weighted by Gasteiger charge is 2.54. The molecule has 17 nitrogen and oxygen atoms in total. The maximum atomic E-state index is 13.3. The lowest BCUT2D eigenvalue weighted by molar-refractivity contribution is -0.160. The Kier molecular flexibility index (Phi) is 9.46. The average molecular weight is 640 g/mol. The van der Waals surface area contributed by atoms with Crippen LogP contribution in [-0.4, -0.2) is 106 Å². The molecule has 2 aromatic heterocycles. The Morgan fingerprint density at radius 1 is 1.33 bits per heavy atom. The number of tetrazole rings is 1. The Bertz CT molecular complexity index is 1460. The lowest BCUT2D eigenvalue weighted by Gasteiger charge is -2.49. The first-order valence-corrected chi connectivity index (χ1v) is 14.9. The van der Waals surface area contributed by atoms with Gasteiger partial charge in [0, 0.05) is 23.9 Å². The number of carboxylic acid groups (broad SMARTS) is 1. The quantitative estimate of drug-likeness (QED) is 0.0686. The number of carbonyl (C=O) groups excluding carboxylic acids is 4. The number of oxime groups is 1. The number of hydrogen-bond donors (Lipinski definition) is 3. The van der Waals surface area contributed by atoms with Crippen LogP contribution in [0.15, 0.2) is 27.0 Å². The van der Waals surface area contributed by atoms with Crippen LogP contribution in [0.25, 0.3) is 0 Å². The maximum Gasteiger partial charge on any atom is 0.352 e. The number of carboxylic acids is 1. The monoisotopic (exact) mass is 639 g/mol. The van der Waals surface area contributed by atoms with E-state index in [1.165, 1.54) is 33.6 Å². The van der Waals surface area contributed by atoms with E-state index in [2.05, 4.69) is 36.3 Å². The molecule has 1 saturated heterocycles. The summed E-state index contributed by atoms with van der Waals surface area (Å²) in [5.74, 6) is -2.97. The largest absolute Gasteiger partial charge is 0.477 e. The molecule has 0 saturated carbocycles. The summed E-state index contributed by atoms with van der Waals surface area (Å²) in [5.41, 5.74) is -0.781. The van der Waals surface area contributed by atoms with Crippen molar-refractivity contribution in [3.05, 3.63) is 22.3 Å². The Morgan fingerprint density at radius 2 is 2.10 bits per heavy atom. The second-order valence-electron chi connectivity index (χ2n) is 9.59. The number of esters is 1. The van der Waals surface area contributed by atoms with Gasteiger partial charge in [0.2, 0.25) is 18.2 Å². The Hall–Kier alpha value is -4.04. The zero-order valence-corrected chi connectivity index (χ0v) is 25.0. The number of aromatic nitrogens is 5. The van der Waals surface area contributed by atoms with Crippen LogP contribution in [0.1, 0.15) is 26.5 Å². The molecule has 1 fully saturated rings. The molecule has 224 valence electrons. The summed E-state index contributed by atoms with van der Waals surface area (Å²) in [4.78, 5) is 71.7. The summed E-state index contributed by atoms with van der Waals surface area (Å²) in [6.07, 6.45) is 0.408. The predicted octanol–water partition coefficient (Wildman–Crippen LogP) is -0.172. The summed E-state index contributed by atoms with van der Waals surface area (Å²) in [5, 5.41) is 31.1. The van der Waals surface area contributed by atoms with Gasteiger partial charge in [0.15, 0.2) is 10.8 Å². The van der Waals surface area contributed by atoms with E-state index in [1.807, 2.05) is 0 Å². The molecular weight excluding hydrogens is 614 g/mol. The van der Waals surface area contributed by atoms with E-state index < -0.39 is 47.4 Å². The minimum Gasteiger partial charge on any atom is -0.477 e. The van der Waals surface area contributed by atoms with Crippen LogP contribution < -0.4 is 10.6 Å². The Labute approximate surface area is 250 Å². The number of nitrogens with one attached hydrogen (secondary N) is 2. The molecule has 0 bridgehead atoms. The van der Waals surface area contributed by atoms with Crippen molar-refractivity contribution in [3.63, 3.8) is 0 Å². The van der Waals surface area contributed by atoms with Crippen molar-refractivity contribution in [2.24, 2.45) is 12.2 Å². The van der Waals surface area contributed by atoms with Crippen LogP contribution in [0.2, 0.25) is 0 Å². The molecule has 2 aliphatic rings. The second-order valence-corrected chi connectivity index (χ2v) is 12.5. The van der Waals surface area contributed by atoms with Crippen molar-refractivity contribution in [2.75, 3.05) is 23.4 Å².